The summed E-state index contributed by atoms with van der Waals surface area (Å²) in [5.41, 5.74) is 4.93. The van der Waals surface area contributed by atoms with Crippen LogP contribution in [0.4, 0.5) is 16.5 Å². The Kier molecular flexibility index (Phi) is 7.21. The second-order valence-corrected chi connectivity index (χ2v) is 8.53. The minimum absolute atomic E-state index is 0.000123. The van der Waals surface area contributed by atoms with Crippen LogP contribution in [0.1, 0.15) is 28.5 Å². The lowest BCUT2D eigenvalue weighted by Crippen LogP contribution is -2.43. The zero-order chi connectivity index (χ0) is 23.2. The fourth-order valence-corrected chi connectivity index (χ4v) is 4.54. The van der Waals surface area contributed by atoms with Gasteiger partial charge in [0.25, 0.3) is 0 Å². The summed E-state index contributed by atoms with van der Waals surface area (Å²) < 4.78 is 5.45. The molecule has 1 aliphatic rings. The molecule has 1 aromatic carbocycles. The van der Waals surface area contributed by atoms with E-state index in [-0.39, 0.29) is 5.78 Å². The van der Waals surface area contributed by atoms with Gasteiger partial charge in [0.05, 0.1) is 36.1 Å². The van der Waals surface area contributed by atoms with Gasteiger partial charge in [0.2, 0.25) is 0 Å². The van der Waals surface area contributed by atoms with Crippen molar-refractivity contribution < 1.29 is 9.53 Å². The molecule has 3 aromatic rings. The van der Waals surface area contributed by atoms with Crippen molar-refractivity contribution in [1.82, 2.24) is 15.3 Å². The number of hydrogen-bond acceptors (Lipinski definition) is 9. The minimum Gasteiger partial charge on any atom is -0.496 e. The number of Topliss-reactive ketones (excluding diaryl/α,β-unsaturated/α-hetero) is 1. The molecule has 4 rings (SSSR count). The molecular formula is C24H28N6O2S. The van der Waals surface area contributed by atoms with E-state index < -0.39 is 0 Å². The molecule has 0 amide bonds. The van der Waals surface area contributed by atoms with Gasteiger partial charge in [-0.05, 0) is 19.1 Å². The van der Waals surface area contributed by atoms with E-state index in [9.17, 15) is 4.79 Å². The third-order valence-electron chi connectivity index (χ3n) is 5.50. The van der Waals surface area contributed by atoms with Crippen LogP contribution < -0.4 is 25.6 Å². The van der Waals surface area contributed by atoms with Crippen molar-refractivity contribution in [3.63, 3.8) is 0 Å². The van der Waals surface area contributed by atoms with Crippen molar-refractivity contribution in [2.45, 2.75) is 13.5 Å². The first-order valence-electron chi connectivity index (χ1n) is 10.8. The monoisotopic (exact) mass is 464 g/mol. The molecule has 1 fully saturated rings. The standard InChI is InChI=1S/C24H28N6O2S/c1-16(28-20-14-26-8-7-22(20)30-11-9-25-10-12-30)21-15-33-24(29-21)27-13-19-18(17(2)31)5-4-6-23(19)32-3/h4-8,14-15,25,28H,1,9-13H2,2-3H3,(H,27,29). The molecule has 0 saturated carbocycles. The Hall–Kier alpha value is -3.43. The molecule has 0 aliphatic carbocycles. The van der Waals surface area contributed by atoms with Crippen LogP contribution in [0.2, 0.25) is 0 Å². The highest BCUT2D eigenvalue weighted by Crippen LogP contribution is 2.30. The van der Waals surface area contributed by atoms with Crippen molar-refractivity contribution in [3.05, 3.63) is 65.4 Å². The number of ether oxygens (including phenoxy) is 1. The van der Waals surface area contributed by atoms with Gasteiger partial charge in [-0.25, -0.2) is 4.98 Å². The van der Waals surface area contributed by atoms with Gasteiger partial charge in [-0.3, -0.25) is 9.78 Å². The number of piperazine rings is 1. The number of thiazole rings is 1. The minimum atomic E-state index is -0.000123. The summed E-state index contributed by atoms with van der Waals surface area (Å²) in [6, 6.07) is 7.51. The number of rotatable bonds is 9. The first-order valence-corrected chi connectivity index (χ1v) is 11.7. The Labute approximate surface area is 197 Å². The molecule has 3 N–H and O–H groups in total. The topological polar surface area (TPSA) is 91.4 Å². The number of carbonyl (C=O) groups is 1. The molecule has 2 aromatic heterocycles. The lowest BCUT2D eigenvalue weighted by Gasteiger charge is -2.31. The molecular weight excluding hydrogens is 436 g/mol. The molecule has 0 bridgehead atoms. The van der Waals surface area contributed by atoms with E-state index in [1.165, 1.54) is 11.3 Å². The third-order valence-corrected chi connectivity index (χ3v) is 6.30. The number of aromatic nitrogens is 2. The summed E-state index contributed by atoms with van der Waals surface area (Å²) in [6.07, 6.45) is 3.63. The number of benzene rings is 1. The Morgan fingerprint density at radius 3 is 2.88 bits per heavy atom. The lowest BCUT2D eigenvalue weighted by molar-refractivity contribution is 0.101. The van der Waals surface area contributed by atoms with E-state index in [2.05, 4.69) is 37.4 Å². The fourth-order valence-electron chi connectivity index (χ4n) is 3.82. The van der Waals surface area contributed by atoms with Gasteiger partial charge in [0, 0.05) is 55.4 Å². The number of nitrogens with zero attached hydrogens (tertiary/aromatic N) is 3. The largest absolute Gasteiger partial charge is 0.496 e. The molecule has 9 heteroatoms. The Morgan fingerprint density at radius 2 is 2.12 bits per heavy atom. The summed E-state index contributed by atoms with van der Waals surface area (Å²) in [5.74, 6) is 0.676. The molecule has 33 heavy (non-hydrogen) atoms. The highest BCUT2D eigenvalue weighted by molar-refractivity contribution is 7.13. The van der Waals surface area contributed by atoms with Crippen LogP contribution in [0, 0.1) is 0 Å². The average Bonchev–Trinajstić information content (AvgIpc) is 3.32. The third kappa shape index (κ3) is 5.32. The highest BCUT2D eigenvalue weighted by atomic mass is 32.1. The second kappa shape index (κ2) is 10.5. The Bertz CT molecular complexity index is 1140. The molecule has 0 atom stereocenters. The summed E-state index contributed by atoms with van der Waals surface area (Å²) in [7, 11) is 1.60. The van der Waals surface area contributed by atoms with Crippen molar-refractivity contribution in [3.8, 4) is 5.75 Å². The van der Waals surface area contributed by atoms with Crippen LogP contribution in [0.15, 0.2) is 48.6 Å². The van der Waals surface area contributed by atoms with Crippen LogP contribution in [0.5, 0.6) is 5.75 Å². The molecule has 8 nitrogen and oxygen atoms in total. The predicted molar refractivity (Wildman–Crippen MR) is 134 cm³/mol. The molecule has 1 aliphatic heterocycles. The number of nitrogens with one attached hydrogen (secondary N) is 3. The van der Waals surface area contributed by atoms with Crippen LogP contribution in [-0.2, 0) is 6.54 Å². The number of ketones is 1. The number of methoxy groups -OCH3 is 1. The molecule has 0 spiro atoms. The summed E-state index contributed by atoms with van der Waals surface area (Å²) in [6.45, 7) is 9.99. The zero-order valence-corrected chi connectivity index (χ0v) is 19.7. The number of hydrogen-bond donors (Lipinski definition) is 3. The van der Waals surface area contributed by atoms with E-state index >= 15 is 0 Å². The van der Waals surface area contributed by atoms with Crippen LogP contribution in [0.25, 0.3) is 5.70 Å². The maximum absolute atomic E-state index is 12.0. The molecule has 3 heterocycles. The van der Waals surface area contributed by atoms with Crippen molar-refractivity contribution >= 4 is 39.3 Å². The first kappa shape index (κ1) is 22.8. The van der Waals surface area contributed by atoms with Gasteiger partial charge in [-0.1, -0.05) is 18.7 Å². The Balaban J connectivity index is 1.45. The number of carbonyl (C=O) groups excluding carboxylic acids is 1. The van der Waals surface area contributed by atoms with Gasteiger partial charge in [0.1, 0.15) is 5.75 Å². The van der Waals surface area contributed by atoms with Gasteiger partial charge in [-0.2, -0.15) is 0 Å². The Morgan fingerprint density at radius 1 is 1.30 bits per heavy atom. The average molecular weight is 465 g/mol. The van der Waals surface area contributed by atoms with Crippen LogP contribution in [0.3, 0.4) is 0 Å². The summed E-state index contributed by atoms with van der Waals surface area (Å²) in [5, 5.41) is 12.8. The van der Waals surface area contributed by atoms with Gasteiger partial charge >= 0.3 is 0 Å². The SMILES string of the molecule is C=C(Nc1cnccc1N1CCNCC1)c1csc(NCc2c(OC)cccc2C(C)=O)n1. The highest BCUT2D eigenvalue weighted by Gasteiger charge is 2.16. The van der Waals surface area contributed by atoms with Gasteiger partial charge in [-0.15, -0.1) is 11.3 Å². The smallest absolute Gasteiger partial charge is 0.183 e. The van der Waals surface area contributed by atoms with E-state index in [0.717, 1.165) is 53.9 Å². The number of pyridine rings is 1. The van der Waals surface area contributed by atoms with Gasteiger partial charge < -0.3 is 25.6 Å². The van der Waals surface area contributed by atoms with E-state index in [1.807, 2.05) is 42.0 Å². The lowest BCUT2D eigenvalue weighted by atomic mass is 10.0. The molecule has 0 radical (unpaired) electrons. The molecule has 1 saturated heterocycles. The maximum Gasteiger partial charge on any atom is 0.183 e. The quantitative estimate of drug-likeness (QED) is 0.411. The molecule has 0 unspecified atom stereocenters. The van der Waals surface area contributed by atoms with E-state index in [0.29, 0.717) is 23.6 Å². The summed E-state index contributed by atoms with van der Waals surface area (Å²) >= 11 is 1.48. The van der Waals surface area contributed by atoms with Gasteiger partial charge in [0.15, 0.2) is 10.9 Å². The van der Waals surface area contributed by atoms with Crippen molar-refractivity contribution in [2.75, 3.05) is 48.8 Å². The normalized spacial score (nSPS) is 13.5. The van der Waals surface area contributed by atoms with E-state index in [4.69, 9.17) is 4.74 Å². The summed E-state index contributed by atoms with van der Waals surface area (Å²) in [4.78, 5) is 23.3. The van der Waals surface area contributed by atoms with Crippen LogP contribution >= 0.6 is 11.3 Å². The fraction of sp³-hybridized carbons (Fsp3) is 0.292. The van der Waals surface area contributed by atoms with Crippen molar-refractivity contribution in [2.24, 2.45) is 0 Å². The van der Waals surface area contributed by atoms with E-state index in [1.54, 1.807) is 14.0 Å². The first-order chi connectivity index (χ1) is 16.1. The molecule has 172 valence electrons. The zero-order valence-electron chi connectivity index (χ0n) is 18.9. The number of anilines is 3. The predicted octanol–water partition coefficient (Wildman–Crippen LogP) is 3.85. The van der Waals surface area contributed by atoms with Crippen molar-refractivity contribution in [1.29, 1.82) is 0 Å². The van der Waals surface area contributed by atoms with Crippen LogP contribution in [-0.4, -0.2) is 49.0 Å². The second-order valence-electron chi connectivity index (χ2n) is 7.67. The maximum atomic E-state index is 12.0.